The SMILES string of the molecule is CC(C)N(CC(=O)N(Cc1ccco1)CC1CCCO1)C(=O)Nc1cccc(F)c1. The molecule has 2 aromatic rings. The summed E-state index contributed by atoms with van der Waals surface area (Å²) in [5, 5.41) is 2.66. The first-order valence-electron chi connectivity index (χ1n) is 10.2. The van der Waals surface area contributed by atoms with E-state index < -0.39 is 11.8 Å². The quantitative estimate of drug-likeness (QED) is 0.708. The van der Waals surface area contributed by atoms with E-state index in [9.17, 15) is 14.0 Å². The number of carbonyl (C=O) groups excluding carboxylic acids is 2. The van der Waals surface area contributed by atoms with E-state index in [1.165, 1.54) is 23.1 Å². The molecule has 0 spiro atoms. The molecule has 3 rings (SSSR count). The number of hydrogen-bond acceptors (Lipinski definition) is 4. The van der Waals surface area contributed by atoms with E-state index in [0.29, 0.717) is 31.1 Å². The fraction of sp³-hybridized carbons (Fsp3) is 0.455. The maximum Gasteiger partial charge on any atom is 0.322 e. The Bertz CT molecular complexity index is 835. The molecular formula is C22H28FN3O4. The zero-order valence-corrected chi connectivity index (χ0v) is 17.3. The van der Waals surface area contributed by atoms with Crippen molar-refractivity contribution in [3.05, 3.63) is 54.2 Å². The van der Waals surface area contributed by atoms with Gasteiger partial charge in [-0.2, -0.15) is 0 Å². The number of rotatable bonds is 8. The first kappa shape index (κ1) is 21.8. The van der Waals surface area contributed by atoms with Crippen molar-refractivity contribution >= 4 is 17.6 Å². The zero-order valence-electron chi connectivity index (χ0n) is 17.3. The van der Waals surface area contributed by atoms with E-state index in [0.717, 1.165) is 12.8 Å². The van der Waals surface area contributed by atoms with Gasteiger partial charge in [0.05, 0.1) is 18.9 Å². The number of carbonyl (C=O) groups is 2. The highest BCUT2D eigenvalue weighted by Gasteiger charge is 2.27. The lowest BCUT2D eigenvalue weighted by molar-refractivity contribution is -0.134. The summed E-state index contributed by atoms with van der Waals surface area (Å²) in [5.41, 5.74) is 0.338. The molecule has 1 N–H and O–H groups in total. The normalized spacial score (nSPS) is 15.9. The van der Waals surface area contributed by atoms with Crippen LogP contribution in [-0.2, 0) is 16.1 Å². The molecule has 0 bridgehead atoms. The smallest absolute Gasteiger partial charge is 0.322 e. The summed E-state index contributed by atoms with van der Waals surface area (Å²) in [7, 11) is 0. The third-order valence-corrected chi connectivity index (χ3v) is 4.99. The molecule has 1 aliphatic rings. The lowest BCUT2D eigenvalue weighted by Crippen LogP contribution is -2.48. The van der Waals surface area contributed by atoms with Crippen molar-refractivity contribution in [1.82, 2.24) is 9.80 Å². The van der Waals surface area contributed by atoms with E-state index >= 15 is 0 Å². The van der Waals surface area contributed by atoms with Gasteiger partial charge in [0.15, 0.2) is 0 Å². The van der Waals surface area contributed by atoms with Gasteiger partial charge in [-0.25, -0.2) is 9.18 Å². The van der Waals surface area contributed by atoms with E-state index in [-0.39, 0.29) is 24.6 Å². The molecule has 1 fully saturated rings. The number of anilines is 1. The molecule has 1 atom stereocenters. The van der Waals surface area contributed by atoms with Crippen molar-refractivity contribution in [1.29, 1.82) is 0 Å². The summed E-state index contributed by atoms with van der Waals surface area (Å²) in [4.78, 5) is 29.0. The van der Waals surface area contributed by atoms with E-state index in [4.69, 9.17) is 9.15 Å². The summed E-state index contributed by atoms with van der Waals surface area (Å²) < 4.78 is 24.5. The van der Waals surface area contributed by atoms with Crippen molar-refractivity contribution in [3.8, 4) is 0 Å². The van der Waals surface area contributed by atoms with Crippen LogP contribution in [0, 0.1) is 5.82 Å². The fourth-order valence-corrected chi connectivity index (χ4v) is 3.38. The van der Waals surface area contributed by atoms with Crippen LogP contribution >= 0.6 is 0 Å². The third-order valence-electron chi connectivity index (χ3n) is 4.99. The standard InChI is InChI=1S/C22H28FN3O4/c1-16(2)26(22(28)24-18-7-3-6-17(23)12-18)15-21(27)25(13-19-8-4-10-29-19)14-20-9-5-11-30-20/h3-4,6-8,10,12,16,20H,5,9,11,13-15H2,1-2H3,(H,24,28). The molecule has 162 valence electrons. The average molecular weight is 417 g/mol. The third kappa shape index (κ3) is 6.06. The predicted octanol–water partition coefficient (Wildman–Crippen LogP) is 3.87. The minimum atomic E-state index is -0.459. The fourth-order valence-electron chi connectivity index (χ4n) is 3.38. The van der Waals surface area contributed by atoms with Gasteiger partial charge in [0, 0.05) is 24.9 Å². The first-order chi connectivity index (χ1) is 14.4. The minimum Gasteiger partial charge on any atom is -0.467 e. The van der Waals surface area contributed by atoms with Crippen molar-refractivity contribution in [2.75, 3.05) is 25.0 Å². The summed E-state index contributed by atoms with van der Waals surface area (Å²) in [6.45, 7) is 5.00. The van der Waals surface area contributed by atoms with Gasteiger partial charge in [0.25, 0.3) is 0 Å². The second-order valence-corrected chi connectivity index (χ2v) is 7.65. The summed E-state index contributed by atoms with van der Waals surface area (Å²) in [6, 6.07) is 8.55. The van der Waals surface area contributed by atoms with Crippen LogP contribution in [-0.4, -0.2) is 53.6 Å². The summed E-state index contributed by atoms with van der Waals surface area (Å²) in [6.07, 6.45) is 3.42. The van der Waals surface area contributed by atoms with Gasteiger partial charge in [-0.1, -0.05) is 6.07 Å². The highest BCUT2D eigenvalue weighted by atomic mass is 19.1. The molecular weight excluding hydrogens is 389 g/mol. The first-order valence-corrected chi connectivity index (χ1v) is 10.2. The molecule has 1 aliphatic heterocycles. The Morgan fingerprint density at radius 3 is 2.73 bits per heavy atom. The van der Waals surface area contributed by atoms with Crippen LogP contribution in [0.15, 0.2) is 47.1 Å². The van der Waals surface area contributed by atoms with Crippen LogP contribution in [0.1, 0.15) is 32.4 Å². The molecule has 7 nitrogen and oxygen atoms in total. The molecule has 8 heteroatoms. The van der Waals surface area contributed by atoms with Crippen LogP contribution < -0.4 is 5.32 Å². The van der Waals surface area contributed by atoms with Crippen molar-refractivity contribution in [2.45, 2.75) is 45.4 Å². The van der Waals surface area contributed by atoms with Crippen LogP contribution in [0.3, 0.4) is 0 Å². The van der Waals surface area contributed by atoms with E-state index in [1.54, 1.807) is 23.3 Å². The lowest BCUT2D eigenvalue weighted by atomic mass is 10.2. The van der Waals surface area contributed by atoms with Gasteiger partial charge in [0.2, 0.25) is 5.91 Å². The maximum atomic E-state index is 13.4. The number of nitrogens with one attached hydrogen (secondary N) is 1. The van der Waals surface area contributed by atoms with Crippen molar-refractivity contribution < 1.29 is 23.1 Å². The van der Waals surface area contributed by atoms with Gasteiger partial charge >= 0.3 is 6.03 Å². The van der Waals surface area contributed by atoms with Gasteiger partial charge in [-0.15, -0.1) is 0 Å². The number of nitrogens with zero attached hydrogens (tertiary/aromatic N) is 2. The zero-order chi connectivity index (χ0) is 21.5. The second-order valence-electron chi connectivity index (χ2n) is 7.65. The van der Waals surface area contributed by atoms with Crippen LogP contribution in [0.2, 0.25) is 0 Å². The van der Waals surface area contributed by atoms with E-state index in [2.05, 4.69) is 5.32 Å². The summed E-state index contributed by atoms with van der Waals surface area (Å²) in [5.74, 6) is 0.0211. The molecule has 2 heterocycles. The molecule has 1 unspecified atom stereocenters. The Kier molecular flexibility index (Phi) is 7.46. The number of hydrogen-bond donors (Lipinski definition) is 1. The van der Waals surface area contributed by atoms with Crippen LogP contribution in [0.5, 0.6) is 0 Å². The number of benzene rings is 1. The minimum absolute atomic E-state index is 0.0162. The topological polar surface area (TPSA) is 75.0 Å². The Morgan fingerprint density at radius 2 is 2.10 bits per heavy atom. The number of ether oxygens (including phenoxy) is 1. The van der Waals surface area contributed by atoms with Gasteiger partial charge in [-0.3, -0.25) is 4.79 Å². The monoisotopic (exact) mass is 417 g/mol. The number of urea groups is 1. The number of amides is 3. The Labute approximate surface area is 175 Å². The molecule has 0 aliphatic carbocycles. The molecule has 30 heavy (non-hydrogen) atoms. The van der Waals surface area contributed by atoms with Crippen molar-refractivity contribution in [3.63, 3.8) is 0 Å². The molecule has 1 aromatic carbocycles. The number of halogens is 1. The van der Waals surface area contributed by atoms with Crippen molar-refractivity contribution in [2.24, 2.45) is 0 Å². The summed E-state index contributed by atoms with van der Waals surface area (Å²) >= 11 is 0. The second kappa shape index (κ2) is 10.2. The molecule has 0 radical (unpaired) electrons. The van der Waals surface area contributed by atoms with Gasteiger partial charge in [0.1, 0.15) is 18.1 Å². The van der Waals surface area contributed by atoms with Gasteiger partial charge < -0.3 is 24.3 Å². The van der Waals surface area contributed by atoms with E-state index in [1.807, 2.05) is 19.9 Å². The molecule has 1 saturated heterocycles. The Hall–Kier alpha value is -2.87. The van der Waals surface area contributed by atoms with Crippen LogP contribution in [0.4, 0.5) is 14.9 Å². The Morgan fingerprint density at radius 1 is 1.27 bits per heavy atom. The van der Waals surface area contributed by atoms with Crippen LogP contribution in [0.25, 0.3) is 0 Å². The Balaban J connectivity index is 1.68. The average Bonchev–Trinajstić information content (AvgIpc) is 3.39. The lowest BCUT2D eigenvalue weighted by Gasteiger charge is -2.30. The highest BCUT2D eigenvalue weighted by Crippen LogP contribution is 2.17. The number of furan rings is 1. The van der Waals surface area contributed by atoms with Gasteiger partial charge in [-0.05, 0) is 57.0 Å². The largest absolute Gasteiger partial charge is 0.467 e. The molecule has 0 saturated carbocycles. The maximum absolute atomic E-state index is 13.4. The molecule has 3 amide bonds. The molecule has 1 aromatic heterocycles. The predicted molar refractivity (Wildman–Crippen MR) is 110 cm³/mol. The highest BCUT2D eigenvalue weighted by molar-refractivity contribution is 5.92.